The molecule has 0 fully saturated rings. The van der Waals surface area contributed by atoms with Crippen molar-refractivity contribution in [2.45, 2.75) is 0 Å². The largest absolute Gasteiger partial charge is 0.478 e. The standard InChI is InChI=1S/C10H7NO6/c1-11-7-5(9(14)15)2-4(8(12)13)3-6(7)10(16)17-11/h2-3H,1H3,(H,12,13)(H,14,15). The summed E-state index contributed by atoms with van der Waals surface area (Å²) < 4.78 is 5.70. The summed E-state index contributed by atoms with van der Waals surface area (Å²) in [5.74, 6) is -2.63. The van der Waals surface area contributed by atoms with Crippen LogP contribution in [0.4, 0.5) is 0 Å². The van der Waals surface area contributed by atoms with Crippen LogP contribution in [-0.2, 0) is 7.05 Å². The van der Waals surface area contributed by atoms with Crippen molar-refractivity contribution in [1.29, 1.82) is 0 Å². The van der Waals surface area contributed by atoms with Gasteiger partial charge in [-0.1, -0.05) is 0 Å². The molecule has 88 valence electrons. The molecule has 7 heteroatoms. The van der Waals surface area contributed by atoms with Crippen LogP contribution in [0.5, 0.6) is 0 Å². The maximum atomic E-state index is 11.4. The Morgan fingerprint density at radius 2 is 1.88 bits per heavy atom. The van der Waals surface area contributed by atoms with E-state index in [0.717, 1.165) is 16.9 Å². The average Bonchev–Trinajstić information content (AvgIpc) is 2.53. The molecule has 0 saturated heterocycles. The van der Waals surface area contributed by atoms with Gasteiger partial charge < -0.3 is 14.7 Å². The molecule has 2 N–H and O–H groups in total. The van der Waals surface area contributed by atoms with Gasteiger partial charge in [0.05, 0.1) is 16.5 Å². The lowest BCUT2D eigenvalue weighted by molar-refractivity contribution is 0.0696. The lowest BCUT2D eigenvalue weighted by atomic mass is 10.1. The van der Waals surface area contributed by atoms with Crippen LogP contribution < -0.4 is 5.63 Å². The molecule has 1 aromatic heterocycles. The number of benzene rings is 1. The third-order valence-electron chi connectivity index (χ3n) is 2.34. The highest BCUT2D eigenvalue weighted by Gasteiger charge is 2.19. The van der Waals surface area contributed by atoms with E-state index in [9.17, 15) is 14.4 Å². The highest BCUT2D eigenvalue weighted by molar-refractivity contribution is 6.05. The number of carboxylic acids is 2. The van der Waals surface area contributed by atoms with Gasteiger partial charge in [0, 0.05) is 7.05 Å². The quantitative estimate of drug-likeness (QED) is 0.788. The second kappa shape index (κ2) is 3.48. The fourth-order valence-corrected chi connectivity index (χ4v) is 1.64. The number of carboxylic acid groups (broad SMARTS) is 2. The fraction of sp³-hybridized carbons (Fsp3) is 0.100. The number of aryl methyl sites for hydroxylation is 1. The third-order valence-corrected chi connectivity index (χ3v) is 2.34. The highest BCUT2D eigenvalue weighted by Crippen LogP contribution is 2.19. The van der Waals surface area contributed by atoms with Crippen molar-refractivity contribution in [2.24, 2.45) is 7.05 Å². The fourth-order valence-electron chi connectivity index (χ4n) is 1.64. The van der Waals surface area contributed by atoms with E-state index in [1.165, 1.54) is 7.05 Å². The number of nitrogens with zero attached hydrogens (tertiary/aromatic N) is 1. The number of hydrogen-bond acceptors (Lipinski definition) is 4. The zero-order valence-corrected chi connectivity index (χ0v) is 8.63. The molecule has 1 aromatic carbocycles. The molecule has 0 radical (unpaired) electrons. The van der Waals surface area contributed by atoms with Crippen molar-refractivity contribution < 1.29 is 24.3 Å². The summed E-state index contributed by atoms with van der Waals surface area (Å²) in [5, 5.41) is 17.7. The smallest absolute Gasteiger partial charge is 0.365 e. The van der Waals surface area contributed by atoms with Crippen molar-refractivity contribution in [3.8, 4) is 0 Å². The first kappa shape index (κ1) is 10.9. The molecule has 1 heterocycles. The minimum Gasteiger partial charge on any atom is -0.478 e. The molecule has 0 aliphatic carbocycles. The Bertz CT molecular complexity index is 693. The minimum atomic E-state index is -1.32. The molecular formula is C10H7NO6. The molecule has 2 aromatic rings. The first-order valence-electron chi connectivity index (χ1n) is 4.52. The van der Waals surface area contributed by atoms with Crippen LogP contribution in [0.2, 0.25) is 0 Å². The molecule has 17 heavy (non-hydrogen) atoms. The van der Waals surface area contributed by atoms with Gasteiger partial charge in [0.15, 0.2) is 0 Å². The molecular weight excluding hydrogens is 230 g/mol. The number of hydrogen-bond donors (Lipinski definition) is 2. The first-order chi connectivity index (χ1) is 7.91. The van der Waals surface area contributed by atoms with Gasteiger partial charge in [-0.3, -0.25) is 0 Å². The topological polar surface area (TPSA) is 110 Å². The zero-order valence-electron chi connectivity index (χ0n) is 8.63. The number of rotatable bonds is 2. The van der Waals surface area contributed by atoms with Crippen molar-refractivity contribution >= 4 is 22.8 Å². The van der Waals surface area contributed by atoms with E-state index >= 15 is 0 Å². The van der Waals surface area contributed by atoms with E-state index in [-0.39, 0.29) is 22.0 Å². The van der Waals surface area contributed by atoms with E-state index in [1.807, 2.05) is 0 Å². The van der Waals surface area contributed by atoms with Gasteiger partial charge in [-0.05, 0) is 12.1 Å². The van der Waals surface area contributed by atoms with Crippen LogP contribution in [0.15, 0.2) is 21.5 Å². The van der Waals surface area contributed by atoms with Crippen LogP contribution in [0.3, 0.4) is 0 Å². The van der Waals surface area contributed by atoms with Crippen molar-refractivity contribution in [3.05, 3.63) is 33.7 Å². The lowest BCUT2D eigenvalue weighted by Gasteiger charge is -2.01. The maximum absolute atomic E-state index is 11.4. The Labute approximate surface area is 93.5 Å². The summed E-state index contributed by atoms with van der Waals surface area (Å²) in [4.78, 5) is 33.2. The molecule has 0 aliphatic heterocycles. The van der Waals surface area contributed by atoms with E-state index in [1.54, 1.807) is 0 Å². The summed E-state index contributed by atoms with van der Waals surface area (Å²) in [6.45, 7) is 0. The Balaban J connectivity index is 2.98. The number of fused-ring (bicyclic) bond motifs is 1. The predicted octanol–water partition coefficient (Wildman–Crippen LogP) is 0.528. The molecule has 0 unspecified atom stereocenters. The van der Waals surface area contributed by atoms with E-state index in [4.69, 9.17) is 14.7 Å². The van der Waals surface area contributed by atoms with Gasteiger partial charge in [-0.2, -0.15) is 0 Å². The molecule has 0 amide bonds. The number of aromatic carboxylic acids is 2. The molecule has 0 bridgehead atoms. The Morgan fingerprint density at radius 1 is 1.24 bits per heavy atom. The summed E-state index contributed by atoms with van der Waals surface area (Å²) in [6.07, 6.45) is 0. The van der Waals surface area contributed by atoms with Crippen molar-refractivity contribution in [2.75, 3.05) is 0 Å². The van der Waals surface area contributed by atoms with Crippen molar-refractivity contribution in [3.63, 3.8) is 0 Å². The van der Waals surface area contributed by atoms with Gasteiger partial charge in [-0.15, -0.1) is 0 Å². The van der Waals surface area contributed by atoms with Gasteiger partial charge in [0.2, 0.25) is 0 Å². The highest BCUT2D eigenvalue weighted by atomic mass is 16.5. The van der Waals surface area contributed by atoms with Crippen LogP contribution in [0.25, 0.3) is 10.9 Å². The minimum absolute atomic E-state index is 0.0625. The van der Waals surface area contributed by atoms with Gasteiger partial charge in [-0.25, -0.2) is 19.1 Å². The van der Waals surface area contributed by atoms with E-state index in [0.29, 0.717) is 0 Å². The molecule has 0 aliphatic rings. The number of carbonyl (C=O) groups is 2. The van der Waals surface area contributed by atoms with Crippen LogP contribution in [-0.4, -0.2) is 26.9 Å². The molecule has 2 rings (SSSR count). The summed E-state index contributed by atoms with van der Waals surface area (Å²) in [7, 11) is 1.37. The predicted molar refractivity (Wildman–Crippen MR) is 55.4 cm³/mol. The van der Waals surface area contributed by atoms with E-state index in [2.05, 4.69) is 0 Å². The molecule has 0 spiro atoms. The lowest BCUT2D eigenvalue weighted by Crippen LogP contribution is -2.05. The molecule has 0 saturated carbocycles. The normalized spacial score (nSPS) is 10.6. The molecule has 7 nitrogen and oxygen atoms in total. The van der Waals surface area contributed by atoms with Crippen LogP contribution in [0.1, 0.15) is 20.7 Å². The van der Waals surface area contributed by atoms with Crippen LogP contribution >= 0.6 is 0 Å². The first-order valence-corrected chi connectivity index (χ1v) is 4.52. The van der Waals surface area contributed by atoms with Crippen molar-refractivity contribution in [1.82, 2.24) is 4.74 Å². The van der Waals surface area contributed by atoms with Gasteiger partial charge in [0.25, 0.3) is 0 Å². The number of aromatic nitrogens is 1. The Hall–Kier alpha value is -2.57. The summed E-state index contributed by atoms with van der Waals surface area (Å²) >= 11 is 0. The average molecular weight is 237 g/mol. The Kier molecular flexibility index (Phi) is 2.24. The summed E-state index contributed by atoms with van der Waals surface area (Å²) in [6, 6.07) is 2.08. The van der Waals surface area contributed by atoms with E-state index < -0.39 is 17.6 Å². The molecule has 0 atom stereocenters. The maximum Gasteiger partial charge on any atom is 0.365 e. The monoisotopic (exact) mass is 237 g/mol. The van der Waals surface area contributed by atoms with Crippen LogP contribution in [0, 0.1) is 0 Å². The van der Waals surface area contributed by atoms with Gasteiger partial charge >= 0.3 is 17.6 Å². The SMILES string of the molecule is Cn1oc(=O)c2cc(C(=O)O)cc(C(=O)O)c21. The second-order valence-corrected chi connectivity index (χ2v) is 3.41. The zero-order chi connectivity index (χ0) is 12.7. The Morgan fingerprint density at radius 3 is 2.41 bits per heavy atom. The summed E-state index contributed by atoms with van der Waals surface area (Å²) in [5.41, 5.74) is -1.26. The van der Waals surface area contributed by atoms with Gasteiger partial charge in [0.1, 0.15) is 5.52 Å². The third kappa shape index (κ3) is 1.57. The second-order valence-electron chi connectivity index (χ2n) is 3.41.